The number of aryl methyl sites for hydroxylation is 1. The highest BCUT2D eigenvalue weighted by atomic mass is 19.4. The van der Waals surface area contributed by atoms with Gasteiger partial charge in [0.05, 0.1) is 35.0 Å². The van der Waals surface area contributed by atoms with Crippen LogP contribution in [0, 0.1) is 6.92 Å². The van der Waals surface area contributed by atoms with Gasteiger partial charge in [0.2, 0.25) is 0 Å². The third-order valence-corrected chi connectivity index (χ3v) is 6.76. The molecule has 0 spiro atoms. The van der Waals surface area contributed by atoms with Crippen LogP contribution >= 0.6 is 0 Å². The van der Waals surface area contributed by atoms with E-state index in [4.69, 9.17) is 10.5 Å². The highest BCUT2D eigenvalue weighted by Crippen LogP contribution is 2.39. The number of benzene rings is 2. The van der Waals surface area contributed by atoms with E-state index < -0.39 is 34.5 Å². The van der Waals surface area contributed by atoms with Crippen LogP contribution in [-0.2, 0) is 16.5 Å². The van der Waals surface area contributed by atoms with Crippen molar-refractivity contribution in [3.8, 4) is 0 Å². The van der Waals surface area contributed by atoms with Crippen LogP contribution in [0.5, 0.6) is 0 Å². The Labute approximate surface area is 188 Å². The standard InChI is InChI=1S/C25H33F3N2O2/c1-17-12-19(14-21(13-17)25(26,27)28)18(2)32-16-23(20-8-6-5-7-9-20)10-11-24(29,15-30-23)22(3,4)31/h5-9,12-14,18,30-31H,10-11,15-16,29H2,1-4H3/t18-,23-,24+/m1/s1. The van der Waals surface area contributed by atoms with Gasteiger partial charge in [-0.2, -0.15) is 13.2 Å². The molecule has 4 nitrogen and oxygen atoms in total. The van der Waals surface area contributed by atoms with Gasteiger partial charge in [-0.1, -0.05) is 42.0 Å². The second kappa shape index (κ2) is 8.78. The van der Waals surface area contributed by atoms with Gasteiger partial charge in [-0.15, -0.1) is 0 Å². The minimum Gasteiger partial charge on any atom is -0.389 e. The van der Waals surface area contributed by atoms with Crippen molar-refractivity contribution in [3.05, 3.63) is 70.8 Å². The van der Waals surface area contributed by atoms with E-state index >= 15 is 0 Å². The van der Waals surface area contributed by atoms with Crippen LogP contribution in [0.3, 0.4) is 0 Å². The smallest absolute Gasteiger partial charge is 0.389 e. The number of halogens is 3. The van der Waals surface area contributed by atoms with Gasteiger partial charge in [0.25, 0.3) is 0 Å². The molecule has 0 aliphatic carbocycles. The van der Waals surface area contributed by atoms with Gasteiger partial charge in [0, 0.05) is 6.54 Å². The molecule has 0 saturated carbocycles. The Kier molecular flexibility index (Phi) is 6.78. The average Bonchev–Trinajstić information content (AvgIpc) is 2.72. The summed E-state index contributed by atoms with van der Waals surface area (Å²) in [7, 11) is 0. The van der Waals surface area contributed by atoms with Crippen molar-refractivity contribution in [1.29, 1.82) is 0 Å². The summed E-state index contributed by atoms with van der Waals surface area (Å²) in [5.74, 6) is 0. The third kappa shape index (κ3) is 5.17. The number of hydrogen-bond acceptors (Lipinski definition) is 4. The second-order valence-electron chi connectivity index (χ2n) is 9.60. The number of piperidine rings is 1. The van der Waals surface area contributed by atoms with Crippen molar-refractivity contribution in [2.45, 2.75) is 69.5 Å². The van der Waals surface area contributed by atoms with Crippen LogP contribution in [0.15, 0.2) is 48.5 Å². The Morgan fingerprint density at radius 2 is 1.78 bits per heavy atom. The van der Waals surface area contributed by atoms with E-state index in [1.165, 1.54) is 0 Å². The first-order valence-electron chi connectivity index (χ1n) is 10.9. The molecule has 32 heavy (non-hydrogen) atoms. The Morgan fingerprint density at radius 1 is 1.12 bits per heavy atom. The van der Waals surface area contributed by atoms with Gasteiger partial charge in [0.15, 0.2) is 0 Å². The molecule has 2 aromatic carbocycles. The number of ether oxygens (including phenoxy) is 1. The number of rotatable bonds is 6. The van der Waals surface area contributed by atoms with E-state index in [0.717, 1.165) is 17.7 Å². The summed E-state index contributed by atoms with van der Waals surface area (Å²) in [6.07, 6.45) is -3.75. The fourth-order valence-electron chi connectivity index (χ4n) is 4.25. The molecule has 1 fully saturated rings. The zero-order chi connectivity index (χ0) is 23.8. The zero-order valence-electron chi connectivity index (χ0n) is 19.1. The monoisotopic (exact) mass is 450 g/mol. The summed E-state index contributed by atoms with van der Waals surface area (Å²) in [6, 6.07) is 13.8. The summed E-state index contributed by atoms with van der Waals surface area (Å²) < 4.78 is 45.9. The largest absolute Gasteiger partial charge is 0.416 e. The Morgan fingerprint density at radius 3 is 2.31 bits per heavy atom. The number of alkyl halides is 3. The van der Waals surface area contributed by atoms with Gasteiger partial charge < -0.3 is 20.9 Å². The van der Waals surface area contributed by atoms with Gasteiger partial charge in [-0.05, 0) is 63.8 Å². The lowest BCUT2D eigenvalue weighted by Crippen LogP contribution is -2.69. The maximum atomic E-state index is 13.3. The first kappa shape index (κ1) is 24.7. The summed E-state index contributed by atoms with van der Waals surface area (Å²) in [4.78, 5) is 0. The number of aliphatic hydroxyl groups is 1. The minimum atomic E-state index is -4.40. The first-order chi connectivity index (χ1) is 14.8. The normalized spacial score (nSPS) is 25.5. The van der Waals surface area contributed by atoms with Crippen LogP contribution in [0.25, 0.3) is 0 Å². The van der Waals surface area contributed by atoms with Crippen molar-refractivity contribution < 1.29 is 23.0 Å². The number of nitrogens with one attached hydrogen (secondary N) is 1. The highest BCUT2D eigenvalue weighted by Gasteiger charge is 2.48. The topological polar surface area (TPSA) is 67.5 Å². The van der Waals surface area contributed by atoms with Crippen LogP contribution in [0.1, 0.15) is 62.0 Å². The molecule has 3 atom stereocenters. The molecule has 176 valence electrons. The van der Waals surface area contributed by atoms with E-state index in [2.05, 4.69) is 5.32 Å². The van der Waals surface area contributed by atoms with Crippen LogP contribution in [0.2, 0.25) is 0 Å². The van der Waals surface area contributed by atoms with Gasteiger partial charge in [0.1, 0.15) is 0 Å². The predicted molar refractivity (Wildman–Crippen MR) is 119 cm³/mol. The highest BCUT2D eigenvalue weighted by molar-refractivity contribution is 5.33. The predicted octanol–water partition coefficient (Wildman–Crippen LogP) is 4.84. The Bertz CT molecular complexity index is 915. The Hall–Kier alpha value is -1.93. The zero-order valence-corrected chi connectivity index (χ0v) is 19.1. The van der Waals surface area contributed by atoms with E-state index in [1.54, 1.807) is 33.8 Å². The van der Waals surface area contributed by atoms with Crippen molar-refractivity contribution in [1.82, 2.24) is 5.32 Å². The van der Waals surface area contributed by atoms with E-state index in [0.29, 0.717) is 30.5 Å². The summed E-state index contributed by atoms with van der Waals surface area (Å²) in [5.41, 5.74) is 5.45. The van der Waals surface area contributed by atoms with E-state index in [1.807, 2.05) is 30.3 Å². The molecule has 1 aliphatic rings. The fourth-order valence-corrected chi connectivity index (χ4v) is 4.25. The molecule has 0 bridgehead atoms. The lowest BCUT2D eigenvalue weighted by Gasteiger charge is -2.50. The maximum absolute atomic E-state index is 13.3. The van der Waals surface area contributed by atoms with E-state index in [9.17, 15) is 18.3 Å². The second-order valence-corrected chi connectivity index (χ2v) is 9.60. The lowest BCUT2D eigenvalue weighted by molar-refractivity contribution is -0.137. The maximum Gasteiger partial charge on any atom is 0.416 e. The molecular weight excluding hydrogens is 417 g/mol. The van der Waals surface area contributed by atoms with Crippen molar-refractivity contribution >= 4 is 0 Å². The van der Waals surface area contributed by atoms with Crippen LogP contribution in [0.4, 0.5) is 13.2 Å². The number of nitrogens with two attached hydrogens (primary N) is 1. The van der Waals surface area contributed by atoms with Gasteiger partial charge >= 0.3 is 6.18 Å². The molecule has 7 heteroatoms. The Balaban J connectivity index is 1.83. The van der Waals surface area contributed by atoms with Crippen LogP contribution in [-0.4, -0.2) is 29.4 Å². The van der Waals surface area contributed by atoms with Gasteiger partial charge in [-0.25, -0.2) is 0 Å². The third-order valence-electron chi connectivity index (χ3n) is 6.76. The van der Waals surface area contributed by atoms with Crippen molar-refractivity contribution in [2.24, 2.45) is 5.73 Å². The molecular formula is C25H33F3N2O2. The fraction of sp³-hybridized carbons (Fsp3) is 0.520. The number of hydrogen-bond donors (Lipinski definition) is 3. The molecule has 4 N–H and O–H groups in total. The van der Waals surface area contributed by atoms with E-state index in [-0.39, 0.29) is 6.61 Å². The molecule has 0 amide bonds. The minimum absolute atomic E-state index is 0.259. The average molecular weight is 451 g/mol. The summed E-state index contributed by atoms with van der Waals surface area (Å²) in [5, 5.41) is 14.0. The molecule has 1 saturated heterocycles. The van der Waals surface area contributed by atoms with Gasteiger partial charge in [-0.3, -0.25) is 0 Å². The molecule has 0 unspecified atom stereocenters. The SMILES string of the molecule is Cc1cc([C@@H](C)OC[C@@]2(c3ccccc3)CC[C@@](N)(C(C)(C)O)CN2)cc(C(F)(F)F)c1. The quantitative estimate of drug-likeness (QED) is 0.589. The molecule has 0 aromatic heterocycles. The first-order valence-corrected chi connectivity index (χ1v) is 10.9. The molecule has 1 aliphatic heterocycles. The van der Waals surface area contributed by atoms with Crippen LogP contribution < -0.4 is 11.1 Å². The van der Waals surface area contributed by atoms with Crippen molar-refractivity contribution in [3.63, 3.8) is 0 Å². The summed E-state index contributed by atoms with van der Waals surface area (Å²) in [6.45, 7) is 7.47. The summed E-state index contributed by atoms with van der Waals surface area (Å²) >= 11 is 0. The molecule has 2 aromatic rings. The lowest BCUT2D eigenvalue weighted by atomic mass is 9.71. The molecule has 3 rings (SSSR count). The molecule has 0 radical (unpaired) electrons. The molecule has 1 heterocycles. The van der Waals surface area contributed by atoms with Crippen molar-refractivity contribution in [2.75, 3.05) is 13.2 Å².